The zero-order chi connectivity index (χ0) is 14.4. The molecule has 2 rings (SSSR count). The summed E-state index contributed by atoms with van der Waals surface area (Å²) in [5.74, 6) is 1.19. The van der Waals surface area contributed by atoms with Crippen LogP contribution in [0.15, 0.2) is 0 Å². The average Bonchev–Trinajstić information content (AvgIpc) is 3.29. The molecule has 0 aromatic carbocycles. The van der Waals surface area contributed by atoms with Gasteiger partial charge in [-0.05, 0) is 57.0 Å². The Kier molecular flexibility index (Phi) is 5.83. The van der Waals surface area contributed by atoms with E-state index in [4.69, 9.17) is 4.74 Å². The van der Waals surface area contributed by atoms with Crippen molar-refractivity contribution >= 4 is 0 Å². The third kappa shape index (κ3) is 3.94. The number of nitrogens with zero attached hydrogens (tertiary/aromatic N) is 2. The summed E-state index contributed by atoms with van der Waals surface area (Å²) in [6, 6.07) is 2.62. The maximum Gasteiger partial charge on any atom is 0.122 e. The van der Waals surface area contributed by atoms with E-state index in [1.807, 2.05) is 0 Å². The maximum absolute atomic E-state index is 9.75. The molecule has 4 heteroatoms. The molecular weight excluding hydrogens is 250 g/mol. The highest BCUT2D eigenvalue weighted by atomic mass is 16.5. The molecular formula is C16H29N3O. The topological polar surface area (TPSA) is 48.3 Å². The molecule has 2 fully saturated rings. The van der Waals surface area contributed by atoms with E-state index >= 15 is 0 Å². The molecule has 2 atom stereocenters. The molecule has 0 spiro atoms. The van der Waals surface area contributed by atoms with Crippen molar-refractivity contribution in [1.29, 1.82) is 5.26 Å². The summed E-state index contributed by atoms with van der Waals surface area (Å²) in [5, 5.41) is 13.3. The summed E-state index contributed by atoms with van der Waals surface area (Å²) in [6.07, 6.45) is 5.99. The molecule has 1 heterocycles. The molecule has 0 amide bonds. The van der Waals surface area contributed by atoms with E-state index in [1.54, 1.807) is 7.11 Å². The molecule has 1 saturated heterocycles. The van der Waals surface area contributed by atoms with Gasteiger partial charge in [0, 0.05) is 20.2 Å². The summed E-state index contributed by atoms with van der Waals surface area (Å²) in [4.78, 5) is 2.48. The second kappa shape index (κ2) is 7.40. The number of nitriles is 1. The lowest BCUT2D eigenvalue weighted by Crippen LogP contribution is -2.56. The zero-order valence-corrected chi connectivity index (χ0v) is 13.0. The molecule has 1 saturated carbocycles. The lowest BCUT2D eigenvalue weighted by Gasteiger charge is -2.38. The highest BCUT2D eigenvalue weighted by molar-refractivity contribution is 5.16. The molecule has 0 aromatic heterocycles. The van der Waals surface area contributed by atoms with E-state index in [2.05, 4.69) is 23.2 Å². The van der Waals surface area contributed by atoms with Gasteiger partial charge in [-0.15, -0.1) is 0 Å². The van der Waals surface area contributed by atoms with Gasteiger partial charge in [-0.25, -0.2) is 0 Å². The fourth-order valence-electron chi connectivity index (χ4n) is 3.44. The van der Waals surface area contributed by atoms with Crippen LogP contribution < -0.4 is 5.32 Å². The molecule has 2 aliphatic rings. The quantitative estimate of drug-likeness (QED) is 0.738. The molecule has 1 N–H and O–H groups in total. The minimum atomic E-state index is -0.315. The summed E-state index contributed by atoms with van der Waals surface area (Å²) < 4.78 is 5.30. The number of rotatable bonds is 8. The van der Waals surface area contributed by atoms with Crippen molar-refractivity contribution in [3.63, 3.8) is 0 Å². The number of nitrogens with one attached hydrogen (secondary N) is 1. The minimum absolute atomic E-state index is 0.315. The maximum atomic E-state index is 9.75. The van der Waals surface area contributed by atoms with E-state index in [1.165, 1.54) is 25.7 Å². The van der Waals surface area contributed by atoms with Gasteiger partial charge in [0.1, 0.15) is 5.54 Å². The lowest BCUT2D eigenvalue weighted by atomic mass is 9.91. The van der Waals surface area contributed by atoms with Gasteiger partial charge in [-0.3, -0.25) is 5.32 Å². The van der Waals surface area contributed by atoms with Crippen LogP contribution in [-0.4, -0.2) is 50.3 Å². The first-order valence-electron chi connectivity index (χ1n) is 8.11. The van der Waals surface area contributed by atoms with Gasteiger partial charge in [0.2, 0.25) is 0 Å². The van der Waals surface area contributed by atoms with Gasteiger partial charge in [0.25, 0.3) is 0 Å². The van der Waals surface area contributed by atoms with Crippen molar-refractivity contribution < 1.29 is 4.74 Å². The van der Waals surface area contributed by atoms with E-state index in [-0.39, 0.29) is 5.54 Å². The molecule has 1 aliphatic carbocycles. The van der Waals surface area contributed by atoms with Crippen molar-refractivity contribution in [3.05, 3.63) is 0 Å². The average molecular weight is 279 g/mol. The summed E-state index contributed by atoms with van der Waals surface area (Å²) >= 11 is 0. The smallest absolute Gasteiger partial charge is 0.122 e. The number of likely N-dealkylation sites (tertiary alicyclic amines) is 1. The largest absolute Gasteiger partial charge is 0.384 e. The van der Waals surface area contributed by atoms with Gasteiger partial charge >= 0.3 is 0 Å². The summed E-state index contributed by atoms with van der Waals surface area (Å²) in [7, 11) is 1.78. The van der Waals surface area contributed by atoms with Crippen molar-refractivity contribution in [2.75, 3.05) is 39.9 Å². The Morgan fingerprint density at radius 3 is 2.80 bits per heavy atom. The van der Waals surface area contributed by atoms with E-state index in [0.29, 0.717) is 11.8 Å². The third-order valence-electron chi connectivity index (χ3n) is 4.64. The Balaban J connectivity index is 1.94. The van der Waals surface area contributed by atoms with Crippen molar-refractivity contribution in [1.82, 2.24) is 10.2 Å². The highest BCUT2D eigenvalue weighted by Crippen LogP contribution is 2.40. The Morgan fingerprint density at radius 2 is 2.20 bits per heavy atom. The van der Waals surface area contributed by atoms with Gasteiger partial charge < -0.3 is 9.64 Å². The van der Waals surface area contributed by atoms with Crippen LogP contribution in [0.25, 0.3) is 0 Å². The van der Waals surface area contributed by atoms with Crippen molar-refractivity contribution in [2.45, 2.75) is 44.6 Å². The number of ether oxygens (including phenoxy) is 1. The van der Waals surface area contributed by atoms with Crippen LogP contribution >= 0.6 is 0 Å². The summed E-state index contributed by atoms with van der Waals surface area (Å²) in [6.45, 7) is 7.05. The third-order valence-corrected chi connectivity index (χ3v) is 4.64. The van der Waals surface area contributed by atoms with Crippen LogP contribution in [0, 0.1) is 23.2 Å². The van der Waals surface area contributed by atoms with E-state index in [0.717, 1.165) is 39.2 Å². The minimum Gasteiger partial charge on any atom is -0.384 e. The van der Waals surface area contributed by atoms with Gasteiger partial charge in [-0.2, -0.15) is 5.26 Å². The number of methoxy groups -OCH3 is 1. The van der Waals surface area contributed by atoms with Crippen LogP contribution in [-0.2, 0) is 4.74 Å². The Hall–Kier alpha value is -0.630. The molecule has 0 bridgehead atoms. The Labute approximate surface area is 123 Å². The number of hydrogen-bond donors (Lipinski definition) is 1. The van der Waals surface area contributed by atoms with Crippen LogP contribution in [0.1, 0.15) is 39.0 Å². The van der Waals surface area contributed by atoms with E-state index < -0.39 is 0 Å². The predicted octanol–water partition coefficient (Wildman–Crippen LogP) is 2.02. The zero-order valence-electron chi connectivity index (χ0n) is 13.0. The van der Waals surface area contributed by atoms with Crippen LogP contribution in [0.5, 0.6) is 0 Å². The lowest BCUT2D eigenvalue weighted by molar-refractivity contribution is 0.0771. The Morgan fingerprint density at radius 1 is 1.40 bits per heavy atom. The van der Waals surface area contributed by atoms with Crippen molar-refractivity contribution in [2.24, 2.45) is 11.8 Å². The predicted molar refractivity (Wildman–Crippen MR) is 80.4 cm³/mol. The summed E-state index contributed by atoms with van der Waals surface area (Å²) in [5.41, 5.74) is -0.315. The number of piperidine rings is 1. The second-order valence-electron chi connectivity index (χ2n) is 6.48. The fourth-order valence-corrected chi connectivity index (χ4v) is 3.44. The first-order valence-corrected chi connectivity index (χ1v) is 8.11. The van der Waals surface area contributed by atoms with Gasteiger partial charge in [-0.1, -0.05) is 6.92 Å². The van der Waals surface area contributed by atoms with Crippen molar-refractivity contribution in [3.8, 4) is 6.07 Å². The normalized spacial score (nSPS) is 26.9. The standard InChI is InChI=1S/C16H29N3O/c1-3-8-18-16(12-17,15-6-7-15)13-19-9-4-5-14(10-19)11-20-2/h14-15,18H,3-11,13H2,1-2H3. The highest BCUT2D eigenvalue weighted by Gasteiger charge is 2.46. The van der Waals surface area contributed by atoms with Gasteiger partial charge in [0.05, 0.1) is 12.7 Å². The van der Waals surface area contributed by atoms with Gasteiger partial charge in [0.15, 0.2) is 0 Å². The molecule has 0 radical (unpaired) electrons. The molecule has 114 valence electrons. The second-order valence-corrected chi connectivity index (χ2v) is 6.48. The molecule has 20 heavy (non-hydrogen) atoms. The van der Waals surface area contributed by atoms with E-state index in [9.17, 15) is 5.26 Å². The van der Waals surface area contributed by atoms with Crippen LogP contribution in [0.3, 0.4) is 0 Å². The number of hydrogen-bond acceptors (Lipinski definition) is 4. The first-order chi connectivity index (χ1) is 9.74. The molecule has 2 unspecified atom stereocenters. The van der Waals surface area contributed by atoms with Crippen LogP contribution in [0.2, 0.25) is 0 Å². The Bertz CT molecular complexity index is 335. The monoisotopic (exact) mass is 279 g/mol. The molecule has 0 aromatic rings. The SMILES string of the molecule is CCCNC(C#N)(CN1CCCC(COC)C1)C1CC1. The van der Waals surface area contributed by atoms with Crippen LogP contribution in [0.4, 0.5) is 0 Å². The fraction of sp³-hybridized carbons (Fsp3) is 0.938. The molecule has 1 aliphatic heterocycles. The molecule has 4 nitrogen and oxygen atoms in total. The first kappa shape index (κ1) is 15.8.